The maximum Gasteiger partial charge on any atom is 0.337 e. The number of rotatable bonds is 4. The Morgan fingerprint density at radius 2 is 2.06 bits per heavy atom. The molecule has 1 aromatic carbocycles. The van der Waals surface area contributed by atoms with Crippen LogP contribution in [0.25, 0.3) is 0 Å². The molecular formula is C10H12N2O4. The van der Waals surface area contributed by atoms with Gasteiger partial charge in [-0.1, -0.05) is 0 Å². The van der Waals surface area contributed by atoms with Crippen molar-refractivity contribution in [1.82, 2.24) is 0 Å². The Labute approximate surface area is 91.7 Å². The van der Waals surface area contributed by atoms with Crippen LogP contribution >= 0.6 is 0 Å². The van der Waals surface area contributed by atoms with Gasteiger partial charge in [0, 0.05) is 13.0 Å². The maximum absolute atomic E-state index is 11.2. The molecule has 16 heavy (non-hydrogen) atoms. The van der Waals surface area contributed by atoms with Crippen molar-refractivity contribution in [1.29, 1.82) is 0 Å². The highest BCUT2D eigenvalue weighted by Crippen LogP contribution is 2.21. The summed E-state index contributed by atoms with van der Waals surface area (Å²) >= 11 is 0. The molecule has 0 fully saturated rings. The molecule has 86 valence electrons. The number of aromatic hydroxyl groups is 1. The number of benzene rings is 1. The molecule has 1 aromatic rings. The van der Waals surface area contributed by atoms with Crippen molar-refractivity contribution in [2.75, 3.05) is 11.9 Å². The Bertz CT molecular complexity index is 417. The number of anilines is 1. The highest BCUT2D eigenvalue weighted by atomic mass is 16.4. The van der Waals surface area contributed by atoms with Crippen molar-refractivity contribution in [2.45, 2.75) is 6.42 Å². The van der Waals surface area contributed by atoms with E-state index in [0.717, 1.165) is 6.07 Å². The Kier molecular flexibility index (Phi) is 3.84. The van der Waals surface area contributed by atoms with Crippen molar-refractivity contribution in [3.05, 3.63) is 23.8 Å². The first-order valence-electron chi connectivity index (χ1n) is 4.61. The molecule has 0 unspecified atom stereocenters. The van der Waals surface area contributed by atoms with E-state index in [-0.39, 0.29) is 35.9 Å². The molecule has 1 rings (SSSR count). The van der Waals surface area contributed by atoms with Gasteiger partial charge in [0.15, 0.2) is 0 Å². The smallest absolute Gasteiger partial charge is 0.337 e. The molecular weight excluding hydrogens is 212 g/mol. The summed E-state index contributed by atoms with van der Waals surface area (Å²) in [6, 6.07) is 3.69. The molecule has 0 saturated carbocycles. The molecule has 0 aliphatic carbocycles. The Hall–Kier alpha value is -2.08. The van der Waals surface area contributed by atoms with Crippen molar-refractivity contribution >= 4 is 17.6 Å². The summed E-state index contributed by atoms with van der Waals surface area (Å²) in [6.45, 7) is 0.187. The number of carboxylic acids is 1. The lowest BCUT2D eigenvalue weighted by molar-refractivity contribution is -0.116. The van der Waals surface area contributed by atoms with Crippen LogP contribution in [0.15, 0.2) is 18.2 Å². The second-order valence-corrected chi connectivity index (χ2v) is 3.12. The number of nitrogens with two attached hydrogens (primary N) is 1. The van der Waals surface area contributed by atoms with Gasteiger partial charge in [-0.05, 0) is 18.2 Å². The van der Waals surface area contributed by atoms with Crippen molar-refractivity contribution in [3.8, 4) is 5.75 Å². The molecule has 6 nitrogen and oxygen atoms in total. The summed E-state index contributed by atoms with van der Waals surface area (Å²) < 4.78 is 0. The maximum atomic E-state index is 11.2. The predicted molar refractivity (Wildman–Crippen MR) is 57.4 cm³/mol. The highest BCUT2D eigenvalue weighted by Gasteiger charge is 2.12. The van der Waals surface area contributed by atoms with E-state index in [2.05, 4.69) is 5.32 Å². The predicted octanol–water partition coefficient (Wildman–Crippen LogP) is 0.378. The van der Waals surface area contributed by atoms with Crippen LogP contribution in [0.1, 0.15) is 16.8 Å². The van der Waals surface area contributed by atoms with E-state index in [0.29, 0.717) is 0 Å². The number of hydrogen-bond acceptors (Lipinski definition) is 4. The van der Waals surface area contributed by atoms with Gasteiger partial charge in [0.2, 0.25) is 5.91 Å². The van der Waals surface area contributed by atoms with Crippen LogP contribution in [0.2, 0.25) is 0 Å². The van der Waals surface area contributed by atoms with Crippen LogP contribution in [0.4, 0.5) is 5.69 Å². The molecule has 1 amide bonds. The minimum Gasteiger partial charge on any atom is -0.508 e. The summed E-state index contributed by atoms with van der Waals surface area (Å²) in [4.78, 5) is 22.1. The van der Waals surface area contributed by atoms with Gasteiger partial charge in [0.1, 0.15) is 5.75 Å². The topological polar surface area (TPSA) is 113 Å². The van der Waals surface area contributed by atoms with E-state index in [4.69, 9.17) is 15.9 Å². The second kappa shape index (κ2) is 5.13. The van der Waals surface area contributed by atoms with E-state index in [9.17, 15) is 9.59 Å². The Balaban J connectivity index is 2.95. The summed E-state index contributed by atoms with van der Waals surface area (Å²) in [5.74, 6) is -1.76. The number of carboxylic acid groups (broad SMARTS) is 1. The first-order valence-corrected chi connectivity index (χ1v) is 4.61. The number of carbonyl (C=O) groups excluding carboxylic acids is 1. The van der Waals surface area contributed by atoms with Crippen molar-refractivity contribution in [2.24, 2.45) is 5.73 Å². The number of phenolic OH excluding ortho intramolecular Hbond substituents is 1. The Morgan fingerprint density at radius 3 is 2.62 bits per heavy atom. The third kappa shape index (κ3) is 2.96. The molecule has 5 N–H and O–H groups in total. The zero-order valence-corrected chi connectivity index (χ0v) is 8.43. The van der Waals surface area contributed by atoms with Gasteiger partial charge < -0.3 is 21.3 Å². The van der Waals surface area contributed by atoms with E-state index in [1.165, 1.54) is 12.1 Å². The van der Waals surface area contributed by atoms with Gasteiger partial charge in [-0.2, -0.15) is 0 Å². The number of carbonyl (C=O) groups is 2. The Morgan fingerprint density at radius 1 is 1.38 bits per heavy atom. The second-order valence-electron chi connectivity index (χ2n) is 3.12. The van der Waals surface area contributed by atoms with E-state index >= 15 is 0 Å². The van der Waals surface area contributed by atoms with Crippen LogP contribution in [-0.2, 0) is 4.79 Å². The summed E-state index contributed by atoms with van der Waals surface area (Å²) in [7, 11) is 0. The lowest BCUT2D eigenvalue weighted by Crippen LogP contribution is -2.17. The molecule has 0 aromatic heterocycles. The average Bonchev–Trinajstić information content (AvgIpc) is 2.20. The van der Waals surface area contributed by atoms with E-state index in [1.54, 1.807) is 0 Å². The van der Waals surface area contributed by atoms with Crippen LogP contribution in [-0.4, -0.2) is 28.6 Å². The molecule has 0 saturated heterocycles. The largest absolute Gasteiger partial charge is 0.508 e. The zero-order chi connectivity index (χ0) is 12.1. The lowest BCUT2D eigenvalue weighted by atomic mass is 10.1. The van der Waals surface area contributed by atoms with Gasteiger partial charge in [0.25, 0.3) is 0 Å². The fraction of sp³-hybridized carbons (Fsp3) is 0.200. The molecule has 0 atom stereocenters. The first-order chi connectivity index (χ1) is 7.54. The average molecular weight is 224 g/mol. The van der Waals surface area contributed by atoms with Gasteiger partial charge >= 0.3 is 5.97 Å². The third-order valence-corrected chi connectivity index (χ3v) is 1.88. The first kappa shape index (κ1) is 12.0. The third-order valence-electron chi connectivity index (χ3n) is 1.88. The minimum absolute atomic E-state index is 0.111. The standard InChI is InChI=1S/C10H12N2O4/c11-4-3-9(14)12-8-2-1-6(13)5-7(8)10(15)16/h1-2,5,13H,3-4,11H2,(H,12,14)(H,15,16). The van der Waals surface area contributed by atoms with E-state index < -0.39 is 5.97 Å². The molecule has 0 bridgehead atoms. The fourth-order valence-electron chi connectivity index (χ4n) is 1.16. The molecule has 0 heterocycles. The molecule has 0 aliphatic heterocycles. The van der Waals surface area contributed by atoms with Crippen molar-refractivity contribution < 1.29 is 19.8 Å². The van der Waals surface area contributed by atoms with Gasteiger partial charge in [-0.15, -0.1) is 0 Å². The minimum atomic E-state index is -1.22. The number of hydrogen-bond donors (Lipinski definition) is 4. The molecule has 6 heteroatoms. The molecule has 0 spiro atoms. The van der Waals surface area contributed by atoms with E-state index in [1.807, 2.05) is 0 Å². The SMILES string of the molecule is NCCC(=O)Nc1ccc(O)cc1C(=O)O. The van der Waals surface area contributed by atoms with Crippen LogP contribution in [0, 0.1) is 0 Å². The number of amides is 1. The molecule has 0 radical (unpaired) electrons. The summed E-state index contributed by atoms with van der Waals surface area (Å²) in [6.07, 6.45) is 0.111. The van der Waals surface area contributed by atoms with Crippen LogP contribution < -0.4 is 11.1 Å². The monoisotopic (exact) mass is 224 g/mol. The van der Waals surface area contributed by atoms with Gasteiger partial charge in [-0.25, -0.2) is 4.79 Å². The number of phenols is 1. The van der Waals surface area contributed by atoms with Gasteiger partial charge in [-0.3, -0.25) is 4.79 Å². The van der Waals surface area contributed by atoms with Gasteiger partial charge in [0.05, 0.1) is 11.3 Å². The number of nitrogens with one attached hydrogen (secondary N) is 1. The van der Waals surface area contributed by atoms with Crippen LogP contribution in [0.3, 0.4) is 0 Å². The quantitative estimate of drug-likeness (QED) is 0.552. The lowest BCUT2D eigenvalue weighted by Gasteiger charge is -2.08. The number of aromatic carboxylic acids is 1. The normalized spacial score (nSPS) is 9.81. The summed E-state index contributed by atoms with van der Waals surface area (Å²) in [5.41, 5.74) is 5.17. The zero-order valence-electron chi connectivity index (χ0n) is 8.43. The van der Waals surface area contributed by atoms with Crippen LogP contribution in [0.5, 0.6) is 5.75 Å². The molecule has 0 aliphatic rings. The summed E-state index contributed by atoms with van der Waals surface area (Å²) in [5, 5.41) is 20.4. The highest BCUT2D eigenvalue weighted by molar-refractivity contribution is 6.00. The fourth-order valence-corrected chi connectivity index (χ4v) is 1.16. The van der Waals surface area contributed by atoms with Crippen molar-refractivity contribution in [3.63, 3.8) is 0 Å².